The summed E-state index contributed by atoms with van der Waals surface area (Å²) in [4.78, 5) is 12.5. The van der Waals surface area contributed by atoms with Crippen molar-refractivity contribution in [2.45, 2.75) is 26.4 Å². The highest BCUT2D eigenvalue weighted by Gasteiger charge is 2.20. The van der Waals surface area contributed by atoms with Crippen molar-refractivity contribution in [2.75, 3.05) is 12.4 Å². The highest BCUT2D eigenvalue weighted by molar-refractivity contribution is 7.18. The molecule has 0 radical (unpaired) electrons. The van der Waals surface area contributed by atoms with Crippen molar-refractivity contribution in [2.24, 2.45) is 0 Å². The van der Waals surface area contributed by atoms with Gasteiger partial charge in [-0.15, -0.1) is 10.2 Å². The van der Waals surface area contributed by atoms with Gasteiger partial charge in [-0.05, 0) is 49.7 Å². The number of carbonyl (C=O) groups excluding carboxylic acids is 1. The summed E-state index contributed by atoms with van der Waals surface area (Å²) >= 11 is 1.31. The molecule has 6 nitrogen and oxygen atoms in total. The molecule has 3 aromatic rings. The van der Waals surface area contributed by atoms with Crippen molar-refractivity contribution in [3.8, 4) is 22.1 Å². The molecular formula is C20H21N3O3S. The molecule has 0 aliphatic rings. The fourth-order valence-corrected chi connectivity index (χ4v) is 3.17. The van der Waals surface area contributed by atoms with Gasteiger partial charge in [0.2, 0.25) is 5.13 Å². The van der Waals surface area contributed by atoms with Gasteiger partial charge in [0, 0.05) is 5.56 Å². The maximum absolute atomic E-state index is 12.5. The first-order valence-corrected chi connectivity index (χ1v) is 9.43. The van der Waals surface area contributed by atoms with Gasteiger partial charge in [-0.2, -0.15) is 0 Å². The van der Waals surface area contributed by atoms with Gasteiger partial charge < -0.3 is 9.47 Å². The Balaban J connectivity index is 1.65. The van der Waals surface area contributed by atoms with Crippen molar-refractivity contribution >= 4 is 22.4 Å². The molecule has 1 amide bonds. The van der Waals surface area contributed by atoms with E-state index in [9.17, 15) is 4.79 Å². The number of anilines is 1. The summed E-state index contributed by atoms with van der Waals surface area (Å²) in [6.07, 6.45) is -0.0508. The number of hydrogen-bond donors (Lipinski definition) is 1. The van der Waals surface area contributed by atoms with Gasteiger partial charge in [0.25, 0.3) is 5.91 Å². The van der Waals surface area contributed by atoms with Crippen molar-refractivity contribution in [1.82, 2.24) is 10.2 Å². The molecule has 0 unspecified atom stereocenters. The van der Waals surface area contributed by atoms with Crippen LogP contribution < -0.4 is 14.8 Å². The zero-order valence-corrected chi connectivity index (χ0v) is 16.2. The lowest BCUT2D eigenvalue weighted by Crippen LogP contribution is -2.32. The van der Waals surface area contributed by atoms with Crippen LogP contribution in [0, 0.1) is 6.92 Å². The molecule has 3 rings (SSSR count). The molecule has 140 valence electrons. The summed E-state index contributed by atoms with van der Waals surface area (Å²) in [7, 11) is 1.62. The Morgan fingerprint density at radius 1 is 1.07 bits per heavy atom. The van der Waals surface area contributed by atoms with Gasteiger partial charge in [-0.1, -0.05) is 36.0 Å². The Morgan fingerprint density at radius 3 is 2.37 bits per heavy atom. The number of hydrogen-bond acceptors (Lipinski definition) is 6. The lowest BCUT2D eigenvalue weighted by Gasteiger charge is -2.16. The Hall–Kier alpha value is -2.93. The minimum absolute atomic E-state index is 0.240. The van der Waals surface area contributed by atoms with Crippen LogP contribution in [0.1, 0.15) is 18.9 Å². The predicted molar refractivity (Wildman–Crippen MR) is 106 cm³/mol. The molecule has 0 aliphatic carbocycles. The highest BCUT2D eigenvalue weighted by atomic mass is 32.1. The van der Waals surface area contributed by atoms with Gasteiger partial charge >= 0.3 is 0 Å². The molecule has 1 atom stereocenters. The minimum atomic E-state index is -0.596. The zero-order valence-electron chi connectivity index (χ0n) is 15.4. The maximum Gasteiger partial charge on any atom is 0.267 e. The summed E-state index contributed by atoms with van der Waals surface area (Å²) in [5, 5.41) is 12.2. The number of aromatic nitrogens is 2. The summed E-state index contributed by atoms with van der Waals surface area (Å²) in [5.41, 5.74) is 2.05. The number of aryl methyl sites for hydroxylation is 1. The molecule has 1 aromatic heterocycles. The molecule has 0 saturated heterocycles. The van der Waals surface area contributed by atoms with Crippen molar-refractivity contribution in [3.05, 3.63) is 54.1 Å². The van der Waals surface area contributed by atoms with Gasteiger partial charge in [-0.25, -0.2) is 0 Å². The molecule has 1 heterocycles. The average molecular weight is 383 g/mol. The molecule has 0 spiro atoms. The first-order chi connectivity index (χ1) is 13.1. The smallest absolute Gasteiger partial charge is 0.267 e. The lowest BCUT2D eigenvalue weighted by atomic mass is 10.2. The number of ether oxygens (including phenoxy) is 2. The summed E-state index contributed by atoms with van der Waals surface area (Å²) < 4.78 is 11.0. The molecule has 0 fully saturated rings. The van der Waals surface area contributed by atoms with Crippen LogP contribution in [-0.4, -0.2) is 29.3 Å². The Morgan fingerprint density at radius 2 is 1.74 bits per heavy atom. The SMILES string of the molecule is CC[C@H](Oc1ccc(C)cc1)C(=O)Nc1nnc(-c2ccc(OC)cc2)s1. The van der Waals surface area contributed by atoms with E-state index in [0.29, 0.717) is 17.3 Å². The topological polar surface area (TPSA) is 73.3 Å². The third kappa shape index (κ3) is 4.83. The molecule has 0 aliphatic heterocycles. The number of rotatable bonds is 7. The summed E-state index contributed by atoms with van der Waals surface area (Å²) in [5.74, 6) is 1.20. The number of nitrogens with zero attached hydrogens (tertiary/aromatic N) is 2. The van der Waals surface area contributed by atoms with E-state index in [1.54, 1.807) is 7.11 Å². The number of nitrogens with one attached hydrogen (secondary N) is 1. The molecule has 2 aromatic carbocycles. The first-order valence-electron chi connectivity index (χ1n) is 8.61. The van der Waals surface area contributed by atoms with Gasteiger partial charge in [0.15, 0.2) is 6.10 Å². The van der Waals surface area contributed by atoms with Gasteiger partial charge in [-0.3, -0.25) is 10.1 Å². The standard InChI is InChI=1S/C20H21N3O3S/c1-4-17(26-16-9-5-13(2)6-10-16)18(24)21-20-23-22-19(27-20)14-7-11-15(25-3)12-8-14/h5-12,17H,4H2,1-3H3,(H,21,23,24)/t17-/m0/s1. The van der Waals surface area contributed by atoms with E-state index < -0.39 is 6.10 Å². The van der Waals surface area contributed by atoms with E-state index in [1.165, 1.54) is 11.3 Å². The second kappa shape index (κ2) is 8.64. The molecular weight excluding hydrogens is 362 g/mol. The van der Waals surface area contributed by atoms with Crippen molar-refractivity contribution < 1.29 is 14.3 Å². The first kappa shape index (κ1) is 18.8. The molecule has 7 heteroatoms. The van der Waals surface area contributed by atoms with Crippen LogP contribution in [0.4, 0.5) is 5.13 Å². The fraction of sp³-hybridized carbons (Fsp3) is 0.250. The predicted octanol–water partition coefficient (Wildman–Crippen LogP) is 4.32. The van der Waals surface area contributed by atoms with E-state index in [1.807, 2.05) is 62.4 Å². The van der Waals surface area contributed by atoms with Crippen LogP contribution in [0.3, 0.4) is 0 Å². The second-order valence-electron chi connectivity index (χ2n) is 5.96. The number of methoxy groups -OCH3 is 1. The van der Waals surface area contributed by atoms with Crippen LogP contribution in [0.5, 0.6) is 11.5 Å². The van der Waals surface area contributed by atoms with E-state index in [2.05, 4.69) is 15.5 Å². The molecule has 1 N–H and O–H groups in total. The van der Waals surface area contributed by atoms with E-state index in [0.717, 1.165) is 21.9 Å². The third-order valence-corrected chi connectivity index (χ3v) is 4.84. The van der Waals surface area contributed by atoms with E-state index in [-0.39, 0.29) is 5.91 Å². The third-order valence-electron chi connectivity index (χ3n) is 3.95. The quantitative estimate of drug-likeness (QED) is 0.658. The molecule has 27 heavy (non-hydrogen) atoms. The fourth-order valence-electron chi connectivity index (χ4n) is 2.41. The van der Waals surface area contributed by atoms with Crippen LogP contribution in [0.2, 0.25) is 0 Å². The van der Waals surface area contributed by atoms with E-state index in [4.69, 9.17) is 9.47 Å². The summed E-state index contributed by atoms with van der Waals surface area (Å²) in [6, 6.07) is 15.1. The van der Waals surface area contributed by atoms with Crippen molar-refractivity contribution in [3.63, 3.8) is 0 Å². The highest BCUT2D eigenvalue weighted by Crippen LogP contribution is 2.28. The summed E-state index contributed by atoms with van der Waals surface area (Å²) in [6.45, 7) is 3.91. The lowest BCUT2D eigenvalue weighted by molar-refractivity contribution is -0.122. The number of carbonyl (C=O) groups is 1. The Kier molecular flexibility index (Phi) is 6.03. The zero-order chi connectivity index (χ0) is 19.2. The van der Waals surface area contributed by atoms with Gasteiger partial charge in [0.05, 0.1) is 7.11 Å². The van der Waals surface area contributed by atoms with Crippen LogP contribution in [0.15, 0.2) is 48.5 Å². The second-order valence-corrected chi connectivity index (χ2v) is 6.94. The van der Waals surface area contributed by atoms with Crippen LogP contribution >= 0.6 is 11.3 Å². The molecule has 0 saturated carbocycles. The largest absolute Gasteiger partial charge is 0.497 e. The van der Waals surface area contributed by atoms with Crippen molar-refractivity contribution in [1.29, 1.82) is 0 Å². The number of amides is 1. The Labute approximate surface area is 162 Å². The van der Waals surface area contributed by atoms with Crippen LogP contribution in [-0.2, 0) is 4.79 Å². The van der Waals surface area contributed by atoms with E-state index >= 15 is 0 Å². The Bertz CT molecular complexity index is 892. The number of benzene rings is 2. The maximum atomic E-state index is 12.5. The average Bonchev–Trinajstić information content (AvgIpc) is 3.16. The van der Waals surface area contributed by atoms with Crippen LogP contribution in [0.25, 0.3) is 10.6 Å². The monoisotopic (exact) mass is 383 g/mol. The minimum Gasteiger partial charge on any atom is -0.497 e. The normalized spacial score (nSPS) is 11.7. The van der Waals surface area contributed by atoms with Gasteiger partial charge in [0.1, 0.15) is 16.5 Å². The molecule has 0 bridgehead atoms.